The Hall–Kier alpha value is -2.54. The van der Waals surface area contributed by atoms with Crippen molar-refractivity contribution in [1.29, 1.82) is 0 Å². The van der Waals surface area contributed by atoms with E-state index in [0.717, 1.165) is 68.3 Å². The highest BCUT2D eigenvalue weighted by molar-refractivity contribution is 5.78. The highest BCUT2D eigenvalue weighted by Crippen LogP contribution is 2.36. The molecule has 1 atom stereocenters. The van der Waals surface area contributed by atoms with Crippen LogP contribution in [0.5, 0.6) is 0 Å². The summed E-state index contributed by atoms with van der Waals surface area (Å²) >= 11 is 0. The van der Waals surface area contributed by atoms with Gasteiger partial charge < -0.3 is 15.7 Å². The number of hydrogen-bond donors (Lipinski definition) is 2. The van der Waals surface area contributed by atoms with Crippen molar-refractivity contribution in [3.8, 4) is 11.1 Å². The van der Waals surface area contributed by atoms with E-state index in [4.69, 9.17) is 5.73 Å². The van der Waals surface area contributed by atoms with Crippen molar-refractivity contribution in [2.24, 2.45) is 0 Å². The quantitative estimate of drug-likeness (QED) is 0.844. The van der Waals surface area contributed by atoms with E-state index in [1.807, 2.05) is 17.0 Å². The fourth-order valence-electron chi connectivity index (χ4n) is 4.40. The fourth-order valence-corrected chi connectivity index (χ4v) is 4.40. The van der Waals surface area contributed by atoms with Crippen molar-refractivity contribution >= 4 is 11.9 Å². The molecule has 2 aliphatic rings. The summed E-state index contributed by atoms with van der Waals surface area (Å²) in [5.41, 5.74) is 7.37. The van der Waals surface area contributed by atoms with Crippen LogP contribution in [0.1, 0.15) is 63.1 Å². The lowest BCUT2D eigenvalue weighted by molar-refractivity contribution is -0.138. The zero-order valence-corrected chi connectivity index (χ0v) is 16.0. The maximum atomic E-state index is 12.9. The molecule has 1 saturated carbocycles. The Bertz CT molecular complexity index is 816. The number of nitrogens with zero attached hydrogens (tertiary/aromatic N) is 4. The second kappa shape index (κ2) is 7.83. The average molecular weight is 381 g/mol. The van der Waals surface area contributed by atoms with Gasteiger partial charge >= 0.3 is 0 Å². The van der Waals surface area contributed by atoms with Gasteiger partial charge in [0.15, 0.2) is 0 Å². The first-order chi connectivity index (χ1) is 13.5. The molecule has 4 rings (SSSR count). The van der Waals surface area contributed by atoms with Crippen molar-refractivity contribution < 1.29 is 9.90 Å². The molecule has 1 saturated heterocycles. The number of aliphatic hydroxyl groups is 1. The summed E-state index contributed by atoms with van der Waals surface area (Å²) in [6, 6.07) is 3.93. The van der Waals surface area contributed by atoms with E-state index in [2.05, 4.69) is 15.0 Å². The number of rotatable bonds is 4. The number of carbonyl (C=O) groups is 1. The Kier molecular flexibility index (Phi) is 5.26. The Morgan fingerprint density at radius 2 is 1.79 bits per heavy atom. The molecule has 1 aliphatic carbocycles. The first kappa shape index (κ1) is 18.8. The molecule has 7 nitrogen and oxygen atoms in total. The Balaban J connectivity index is 1.47. The van der Waals surface area contributed by atoms with E-state index in [-0.39, 0.29) is 24.3 Å². The van der Waals surface area contributed by atoms with Crippen molar-refractivity contribution in [1.82, 2.24) is 19.9 Å². The maximum absolute atomic E-state index is 12.9. The number of nitrogen functional groups attached to an aromatic ring is 1. The number of nitrogens with two attached hydrogens (primary N) is 1. The minimum atomic E-state index is -0.824. The van der Waals surface area contributed by atoms with Crippen LogP contribution in [-0.4, -0.2) is 43.0 Å². The molecule has 28 heavy (non-hydrogen) atoms. The largest absolute Gasteiger partial charge is 0.389 e. The van der Waals surface area contributed by atoms with Gasteiger partial charge in [0.2, 0.25) is 11.9 Å². The van der Waals surface area contributed by atoms with E-state index in [0.29, 0.717) is 0 Å². The summed E-state index contributed by atoms with van der Waals surface area (Å²) in [5, 5.41) is 10.8. The van der Waals surface area contributed by atoms with Crippen LogP contribution >= 0.6 is 0 Å². The van der Waals surface area contributed by atoms with Crippen LogP contribution in [0.3, 0.4) is 0 Å². The summed E-state index contributed by atoms with van der Waals surface area (Å²) in [7, 11) is 0. The SMILES string of the molecule is Nc1ncc(-c2ccc([C@H]3CCCN3C(=O)CC3(O)CCCCC3)nc2)cn1. The van der Waals surface area contributed by atoms with Crippen LogP contribution in [0.15, 0.2) is 30.7 Å². The van der Waals surface area contributed by atoms with Gasteiger partial charge in [-0.25, -0.2) is 9.97 Å². The molecule has 1 aliphatic heterocycles. The monoisotopic (exact) mass is 381 g/mol. The number of amides is 1. The van der Waals surface area contributed by atoms with Crippen LogP contribution in [0.4, 0.5) is 5.95 Å². The first-order valence-electron chi connectivity index (χ1n) is 10.1. The summed E-state index contributed by atoms with van der Waals surface area (Å²) in [6.07, 6.45) is 11.9. The van der Waals surface area contributed by atoms with Crippen molar-refractivity contribution in [3.63, 3.8) is 0 Å². The van der Waals surface area contributed by atoms with Crippen molar-refractivity contribution in [2.45, 2.75) is 63.0 Å². The normalized spacial score (nSPS) is 21.6. The molecule has 148 valence electrons. The van der Waals surface area contributed by atoms with Gasteiger partial charge in [0.05, 0.1) is 23.8 Å². The lowest BCUT2D eigenvalue weighted by atomic mass is 9.82. The van der Waals surface area contributed by atoms with Crippen LogP contribution in [0.2, 0.25) is 0 Å². The number of likely N-dealkylation sites (tertiary alicyclic amines) is 1. The molecule has 3 N–H and O–H groups in total. The van der Waals surface area contributed by atoms with Gasteiger partial charge in [0.25, 0.3) is 0 Å². The molecule has 0 bridgehead atoms. The topological polar surface area (TPSA) is 105 Å². The average Bonchev–Trinajstić information content (AvgIpc) is 3.19. The molecule has 0 aromatic carbocycles. The molecule has 3 heterocycles. The van der Waals surface area contributed by atoms with Crippen molar-refractivity contribution in [2.75, 3.05) is 12.3 Å². The number of pyridine rings is 1. The molecule has 0 radical (unpaired) electrons. The highest BCUT2D eigenvalue weighted by atomic mass is 16.3. The lowest BCUT2D eigenvalue weighted by Gasteiger charge is -2.34. The molecule has 1 amide bonds. The smallest absolute Gasteiger partial charge is 0.226 e. The third-order valence-corrected chi connectivity index (χ3v) is 5.97. The van der Waals surface area contributed by atoms with Gasteiger partial charge in [-0.15, -0.1) is 0 Å². The predicted molar refractivity (Wildman–Crippen MR) is 106 cm³/mol. The molecule has 2 fully saturated rings. The second-order valence-corrected chi connectivity index (χ2v) is 8.01. The van der Waals surface area contributed by atoms with Gasteiger partial charge in [0, 0.05) is 36.3 Å². The Morgan fingerprint density at radius 3 is 2.46 bits per heavy atom. The summed E-state index contributed by atoms with van der Waals surface area (Å²) in [6.45, 7) is 0.731. The molecule has 0 unspecified atom stereocenters. The molecule has 7 heteroatoms. The molecular formula is C21H27N5O2. The number of aromatic nitrogens is 3. The predicted octanol–water partition coefficient (Wildman–Crippen LogP) is 2.87. The minimum absolute atomic E-state index is 0.0172. The zero-order chi connectivity index (χ0) is 19.6. The third kappa shape index (κ3) is 3.99. The van der Waals surface area contributed by atoms with Crippen LogP contribution in [-0.2, 0) is 4.79 Å². The van der Waals surface area contributed by atoms with Crippen molar-refractivity contribution in [3.05, 3.63) is 36.4 Å². The molecular weight excluding hydrogens is 354 g/mol. The second-order valence-electron chi connectivity index (χ2n) is 8.01. The number of anilines is 1. The minimum Gasteiger partial charge on any atom is -0.389 e. The zero-order valence-electron chi connectivity index (χ0n) is 16.0. The molecule has 2 aromatic heterocycles. The number of carbonyl (C=O) groups excluding carboxylic acids is 1. The van der Waals surface area contributed by atoms with E-state index in [1.54, 1.807) is 18.6 Å². The van der Waals surface area contributed by atoms with E-state index in [9.17, 15) is 9.90 Å². The summed E-state index contributed by atoms with van der Waals surface area (Å²) in [5.74, 6) is 0.290. The van der Waals surface area contributed by atoms with Gasteiger partial charge in [-0.3, -0.25) is 9.78 Å². The van der Waals surface area contributed by atoms with Crippen LogP contribution in [0.25, 0.3) is 11.1 Å². The van der Waals surface area contributed by atoms with Gasteiger partial charge in [-0.2, -0.15) is 0 Å². The summed E-state index contributed by atoms with van der Waals surface area (Å²) in [4.78, 5) is 27.5. The summed E-state index contributed by atoms with van der Waals surface area (Å²) < 4.78 is 0. The van der Waals surface area contributed by atoms with Crippen LogP contribution in [0, 0.1) is 0 Å². The van der Waals surface area contributed by atoms with Gasteiger partial charge in [-0.05, 0) is 31.7 Å². The standard InChI is InChI=1S/C21H27N5O2/c22-20-24-13-16(14-25-20)15-6-7-17(23-12-15)18-5-4-10-26(18)19(27)11-21(28)8-2-1-3-9-21/h6-7,12-14,18,28H,1-5,8-11H2,(H2,22,24,25)/t18-/m1/s1. The highest BCUT2D eigenvalue weighted by Gasteiger charge is 2.37. The van der Waals surface area contributed by atoms with Gasteiger partial charge in [-0.1, -0.05) is 25.3 Å². The number of hydrogen-bond acceptors (Lipinski definition) is 6. The molecule has 2 aromatic rings. The maximum Gasteiger partial charge on any atom is 0.226 e. The van der Waals surface area contributed by atoms with Crippen LogP contribution < -0.4 is 5.73 Å². The van der Waals surface area contributed by atoms with E-state index in [1.165, 1.54) is 0 Å². The fraction of sp³-hybridized carbons (Fsp3) is 0.524. The van der Waals surface area contributed by atoms with Gasteiger partial charge in [0.1, 0.15) is 0 Å². The lowest BCUT2D eigenvalue weighted by Crippen LogP contribution is -2.40. The third-order valence-electron chi connectivity index (χ3n) is 5.97. The van der Waals surface area contributed by atoms with E-state index >= 15 is 0 Å². The van der Waals surface area contributed by atoms with E-state index < -0.39 is 5.60 Å². The Morgan fingerprint density at radius 1 is 1.07 bits per heavy atom. The first-order valence-corrected chi connectivity index (χ1v) is 10.1. The Labute approximate surface area is 165 Å². The molecule has 0 spiro atoms.